The number of rotatable bonds is 3. The summed E-state index contributed by atoms with van der Waals surface area (Å²) in [5, 5.41) is 13.7. The Balaban J connectivity index is 2.09. The van der Waals surface area contributed by atoms with Gasteiger partial charge >= 0.3 is 0 Å². The van der Waals surface area contributed by atoms with E-state index in [2.05, 4.69) is 41.5 Å². The van der Waals surface area contributed by atoms with Crippen LogP contribution >= 0.6 is 15.9 Å². The smallest absolute Gasteiger partial charge is 0.196 e. The van der Waals surface area contributed by atoms with E-state index in [-0.39, 0.29) is 5.78 Å². The second-order valence-corrected chi connectivity index (χ2v) is 5.63. The molecule has 0 spiro atoms. The van der Waals surface area contributed by atoms with Crippen LogP contribution < -0.4 is 0 Å². The second kappa shape index (κ2) is 5.25. The van der Waals surface area contributed by atoms with Gasteiger partial charge < -0.3 is 4.98 Å². The molecule has 0 aliphatic heterocycles. The van der Waals surface area contributed by atoms with Gasteiger partial charge in [0.2, 0.25) is 0 Å². The van der Waals surface area contributed by atoms with Crippen LogP contribution in [-0.4, -0.2) is 31.4 Å². The van der Waals surface area contributed by atoms with Crippen molar-refractivity contribution in [3.8, 4) is 11.5 Å². The molecule has 6 nitrogen and oxygen atoms in total. The first-order valence-electron chi connectivity index (χ1n) is 6.31. The topological polar surface area (TPSA) is 87.3 Å². The molecule has 3 aromatic rings. The van der Waals surface area contributed by atoms with Crippen molar-refractivity contribution in [2.75, 3.05) is 0 Å². The average molecular weight is 346 g/mol. The normalized spacial score (nSPS) is 10.8. The van der Waals surface area contributed by atoms with Crippen molar-refractivity contribution in [1.29, 1.82) is 0 Å². The van der Waals surface area contributed by atoms with Crippen molar-refractivity contribution in [2.45, 2.75) is 13.8 Å². The molecule has 2 N–H and O–H groups in total. The summed E-state index contributed by atoms with van der Waals surface area (Å²) in [5.41, 5.74) is 3.65. The van der Waals surface area contributed by atoms with E-state index in [1.165, 1.54) is 0 Å². The third kappa shape index (κ3) is 2.40. The largest absolute Gasteiger partial charge is 0.355 e. The molecule has 0 unspecified atom stereocenters. The molecule has 0 radical (unpaired) electrons. The summed E-state index contributed by atoms with van der Waals surface area (Å²) >= 11 is 3.39. The predicted octanol–water partition coefficient (Wildman–Crippen LogP) is 2.81. The van der Waals surface area contributed by atoms with Gasteiger partial charge in [-0.15, -0.1) is 5.10 Å². The van der Waals surface area contributed by atoms with Gasteiger partial charge in [-0.3, -0.25) is 4.79 Å². The lowest BCUT2D eigenvalue weighted by Gasteiger charge is -2.03. The number of nitrogens with one attached hydrogen (secondary N) is 2. The lowest BCUT2D eigenvalue weighted by molar-refractivity contribution is 0.103. The van der Waals surface area contributed by atoms with Crippen molar-refractivity contribution in [2.24, 2.45) is 0 Å². The maximum Gasteiger partial charge on any atom is 0.196 e. The summed E-state index contributed by atoms with van der Waals surface area (Å²) in [5.74, 6) is 0.491. The number of halogens is 1. The molecule has 21 heavy (non-hydrogen) atoms. The monoisotopic (exact) mass is 345 g/mol. The lowest BCUT2D eigenvalue weighted by atomic mass is 9.99. The van der Waals surface area contributed by atoms with E-state index in [4.69, 9.17) is 0 Å². The number of hydrogen-bond donors (Lipinski definition) is 2. The Hall–Kier alpha value is -2.28. The van der Waals surface area contributed by atoms with Crippen LogP contribution in [0.4, 0.5) is 0 Å². The molecule has 0 bridgehead atoms. The Morgan fingerprint density at radius 3 is 2.76 bits per heavy atom. The molecule has 0 atom stereocenters. The third-order valence-electron chi connectivity index (χ3n) is 3.33. The van der Waals surface area contributed by atoms with E-state index in [9.17, 15) is 4.79 Å². The van der Waals surface area contributed by atoms with Crippen LogP contribution in [0, 0.1) is 13.8 Å². The zero-order valence-corrected chi connectivity index (χ0v) is 13.0. The van der Waals surface area contributed by atoms with Crippen molar-refractivity contribution in [3.63, 3.8) is 0 Å². The van der Waals surface area contributed by atoms with Gasteiger partial charge in [0.15, 0.2) is 11.6 Å². The Morgan fingerprint density at radius 1 is 1.29 bits per heavy atom. The maximum atomic E-state index is 12.7. The summed E-state index contributed by atoms with van der Waals surface area (Å²) in [6.07, 6.45) is 0. The second-order valence-electron chi connectivity index (χ2n) is 4.71. The first-order chi connectivity index (χ1) is 10.1. The molecule has 0 fully saturated rings. The van der Waals surface area contributed by atoms with E-state index in [0.29, 0.717) is 17.0 Å². The first-order valence-corrected chi connectivity index (χ1v) is 7.10. The van der Waals surface area contributed by atoms with Gasteiger partial charge in [0.25, 0.3) is 0 Å². The molecule has 7 heteroatoms. The number of carbonyl (C=O) groups is 1. The number of H-pyrrole nitrogens is 2. The molecule has 1 aromatic carbocycles. The number of benzene rings is 1. The highest BCUT2D eigenvalue weighted by Gasteiger charge is 2.21. The molecule has 106 valence electrons. The SMILES string of the molecule is Cc1[nH]c(-c2nnn[nH]2)c(C)c1C(=O)c1cccc(Br)c1. The molecule has 2 aromatic heterocycles. The average Bonchev–Trinajstić information content (AvgIpc) is 3.06. The van der Waals surface area contributed by atoms with Gasteiger partial charge in [0.05, 0.1) is 5.69 Å². The summed E-state index contributed by atoms with van der Waals surface area (Å²) in [6, 6.07) is 7.34. The molecule has 0 amide bonds. The number of hydrogen-bond acceptors (Lipinski definition) is 4. The summed E-state index contributed by atoms with van der Waals surface area (Å²) < 4.78 is 0.874. The predicted molar refractivity (Wildman–Crippen MR) is 81.0 cm³/mol. The number of ketones is 1. The van der Waals surface area contributed by atoms with Gasteiger partial charge in [-0.05, 0) is 42.0 Å². The first kappa shape index (κ1) is 13.7. The summed E-state index contributed by atoms with van der Waals surface area (Å²) in [6.45, 7) is 3.75. The van der Waals surface area contributed by atoms with Gasteiger partial charge in [0, 0.05) is 21.3 Å². The lowest BCUT2D eigenvalue weighted by Crippen LogP contribution is -2.03. The fourth-order valence-electron chi connectivity index (χ4n) is 2.37. The number of tetrazole rings is 1. The van der Waals surface area contributed by atoms with Crippen molar-refractivity contribution >= 4 is 21.7 Å². The number of aromatic nitrogens is 5. The molecule has 0 aliphatic carbocycles. The standard InChI is InChI=1S/C14H12BrN5O/c1-7-11(13(21)9-4-3-5-10(15)6-9)8(2)16-12(7)14-17-19-20-18-14/h3-6,16H,1-2H3,(H,17,18,19,20). The Labute approximate surface area is 129 Å². The minimum Gasteiger partial charge on any atom is -0.355 e. The van der Waals surface area contributed by atoms with E-state index in [1.54, 1.807) is 6.07 Å². The minimum atomic E-state index is -0.0266. The molecule has 2 heterocycles. The number of aromatic amines is 2. The highest BCUT2D eigenvalue weighted by Crippen LogP contribution is 2.27. The van der Waals surface area contributed by atoms with Crippen LogP contribution in [0.3, 0.4) is 0 Å². The fourth-order valence-corrected chi connectivity index (χ4v) is 2.77. The van der Waals surface area contributed by atoms with Crippen LogP contribution in [0.25, 0.3) is 11.5 Å². The van der Waals surface area contributed by atoms with Crippen LogP contribution in [0.15, 0.2) is 28.7 Å². The molecular formula is C14H12BrN5O. The number of carbonyl (C=O) groups excluding carboxylic acids is 1. The van der Waals surface area contributed by atoms with Crippen molar-refractivity contribution in [3.05, 3.63) is 51.1 Å². The van der Waals surface area contributed by atoms with Crippen molar-refractivity contribution < 1.29 is 4.79 Å². The van der Waals surface area contributed by atoms with Crippen molar-refractivity contribution in [1.82, 2.24) is 25.6 Å². The Bertz CT molecular complexity index is 807. The summed E-state index contributed by atoms with van der Waals surface area (Å²) in [7, 11) is 0. The van der Waals surface area contributed by atoms with E-state index in [1.807, 2.05) is 32.0 Å². The summed E-state index contributed by atoms with van der Waals surface area (Å²) in [4.78, 5) is 15.9. The molecule has 3 rings (SSSR count). The minimum absolute atomic E-state index is 0.0266. The molecule has 0 aliphatic rings. The van der Waals surface area contributed by atoms with Gasteiger partial charge in [-0.2, -0.15) is 0 Å². The number of nitrogens with zero attached hydrogens (tertiary/aromatic N) is 3. The van der Waals surface area contributed by atoms with Crippen LogP contribution in [0.5, 0.6) is 0 Å². The van der Waals surface area contributed by atoms with E-state index < -0.39 is 0 Å². The molecule has 0 saturated carbocycles. The molecular weight excluding hydrogens is 334 g/mol. The Morgan fingerprint density at radius 2 is 2.10 bits per heavy atom. The molecule has 0 saturated heterocycles. The van der Waals surface area contributed by atoms with Crippen LogP contribution in [0.1, 0.15) is 27.2 Å². The maximum absolute atomic E-state index is 12.7. The third-order valence-corrected chi connectivity index (χ3v) is 3.83. The zero-order chi connectivity index (χ0) is 15.0. The van der Waals surface area contributed by atoms with Crippen LogP contribution in [-0.2, 0) is 0 Å². The number of aryl methyl sites for hydroxylation is 1. The fraction of sp³-hybridized carbons (Fsp3) is 0.143. The quantitative estimate of drug-likeness (QED) is 0.714. The van der Waals surface area contributed by atoms with E-state index >= 15 is 0 Å². The van der Waals surface area contributed by atoms with Gasteiger partial charge in [-0.25, -0.2) is 5.10 Å². The van der Waals surface area contributed by atoms with Gasteiger partial charge in [0.1, 0.15) is 0 Å². The Kier molecular flexibility index (Phi) is 3.42. The zero-order valence-electron chi connectivity index (χ0n) is 11.4. The van der Waals surface area contributed by atoms with E-state index in [0.717, 1.165) is 21.4 Å². The van der Waals surface area contributed by atoms with Gasteiger partial charge in [-0.1, -0.05) is 28.1 Å². The van der Waals surface area contributed by atoms with Crippen LogP contribution in [0.2, 0.25) is 0 Å². The highest BCUT2D eigenvalue weighted by molar-refractivity contribution is 9.10. The highest BCUT2D eigenvalue weighted by atomic mass is 79.9.